The van der Waals surface area contributed by atoms with E-state index in [2.05, 4.69) is 15.4 Å². The van der Waals surface area contributed by atoms with Crippen molar-refractivity contribution in [3.05, 3.63) is 51.2 Å². The standard InChI is InChI=1S/C18H17ClF2IN4O2P/c1-8-13(19)18(28-3)24-9(2)15(8)25-17(27)12(20)6-10-4-5-11(7-23)16(14(10)21)26-29-22/h4-7,23,26,29H,1-3H3,(H,25,27)/b12-6-,23-7?. The Morgan fingerprint density at radius 3 is 2.59 bits per heavy atom. The van der Waals surface area contributed by atoms with Crippen molar-refractivity contribution in [2.75, 3.05) is 17.5 Å². The molecule has 2 rings (SSSR count). The highest BCUT2D eigenvalue weighted by molar-refractivity contribution is 14.2. The fourth-order valence-electron chi connectivity index (χ4n) is 2.51. The third-order valence-electron chi connectivity index (χ3n) is 3.99. The first-order valence-corrected chi connectivity index (χ1v) is 12.6. The number of carbonyl (C=O) groups is 1. The van der Waals surface area contributed by atoms with Gasteiger partial charge in [0.2, 0.25) is 5.88 Å². The number of ether oxygens (including phenoxy) is 1. The number of rotatable bonds is 7. The van der Waals surface area contributed by atoms with E-state index in [9.17, 15) is 13.6 Å². The van der Waals surface area contributed by atoms with Crippen molar-refractivity contribution in [1.82, 2.24) is 4.98 Å². The van der Waals surface area contributed by atoms with Gasteiger partial charge in [0.15, 0.2) is 11.6 Å². The molecule has 1 heterocycles. The van der Waals surface area contributed by atoms with Crippen LogP contribution in [0.4, 0.5) is 20.2 Å². The van der Waals surface area contributed by atoms with Crippen molar-refractivity contribution in [3.8, 4) is 5.88 Å². The maximum atomic E-state index is 14.7. The molecule has 0 radical (unpaired) electrons. The fourth-order valence-corrected chi connectivity index (χ4v) is 3.88. The van der Waals surface area contributed by atoms with Gasteiger partial charge >= 0.3 is 0 Å². The zero-order chi connectivity index (χ0) is 21.7. The van der Waals surface area contributed by atoms with E-state index in [0.29, 0.717) is 16.8 Å². The van der Waals surface area contributed by atoms with Crippen LogP contribution in [0.3, 0.4) is 0 Å². The Kier molecular flexibility index (Phi) is 8.30. The van der Waals surface area contributed by atoms with Crippen LogP contribution in [-0.4, -0.2) is 24.2 Å². The molecule has 2 aromatic rings. The number of hydrogen-bond acceptors (Lipinski definition) is 5. The van der Waals surface area contributed by atoms with Crippen LogP contribution in [-0.2, 0) is 4.79 Å². The summed E-state index contributed by atoms with van der Waals surface area (Å²) in [5.41, 5.74) is 1.37. The Morgan fingerprint density at radius 2 is 2.00 bits per heavy atom. The molecule has 1 aromatic heterocycles. The van der Waals surface area contributed by atoms with Crippen molar-refractivity contribution in [1.29, 1.82) is 5.41 Å². The molecule has 0 aliphatic rings. The number of hydrogen-bond donors (Lipinski definition) is 3. The van der Waals surface area contributed by atoms with Crippen molar-refractivity contribution < 1.29 is 18.3 Å². The van der Waals surface area contributed by atoms with Crippen LogP contribution < -0.4 is 15.1 Å². The number of aryl methyl sites for hydroxylation is 1. The van der Waals surface area contributed by atoms with Crippen LogP contribution >= 0.6 is 40.0 Å². The number of halogens is 4. The minimum absolute atomic E-state index is 0.0764. The number of anilines is 2. The van der Waals surface area contributed by atoms with E-state index in [1.165, 1.54) is 19.2 Å². The van der Waals surface area contributed by atoms with Crippen LogP contribution in [0, 0.1) is 25.1 Å². The number of nitrogens with one attached hydrogen (secondary N) is 3. The average Bonchev–Trinajstić information content (AvgIpc) is 2.70. The predicted molar refractivity (Wildman–Crippen MR) is 123 cm³/mol. The minimum Gasteiger partial charge on any atom is -0.480 e. The molecule has 154 valence electrons. The number of amides is 1. The number of carbonyl (C=O) groups excluding carboxylic acids is 1. The lowest BCUT2D eigenvalue weighted by Crippen LogP contribution is -2.15. The van der Waals surface area contributed by atoms with Gasteiger partial charge in [0.05, 0.1) is 24.2 Å². The molecule has 0 aliphatic heterocycles. The molecule has 0 saturated heterocycles. The van der Waals surface area contributed by atoms with Gasteiger partial charge in [-0.2, -0.15) is 0 Å². The van der Waals surface area contributed by atoms with Gasteiger partial charge in [-0.05, 0) is 47.5 Å². The molecule has 1 amide bonds. The summed E-state index contributed by atoms with van der Waals surface area (Å²) in [5.74, 6) is -2.82. The van der Waals surface area contributed by atoms with Crippen LogP contribution in [0.1, 0.15) is 22.4 Å². The van der Waals surface area contributed by atoms with Crippen LogP contribution in [0.5, 0.6) is 5.88 Å². The second kappa shape index (κ2) is 10.3. The van der Waals surface area contributed by atoms with Crippen molar-refractivity contribution >= 4 is 69.6 Å². The maximum Gasteiger partial charge on any atom is 0.284 e. The molecule has 0 aliphatic carbocycles. The molecular weight excluding hydrogens is 536 g/mol. The molecule has 1 aromatic carbocycles. The highest BCUT2D eigenvalue weighted by Crippen LogP contribution is 2.34. The minimum atomic E-state index is -1.19. The number of pyridine rings is 1. The summed E-state index contributed by atoms with van der Waals surface area (Å²) in [7, 11) is 1.41. The predicted octanol–water partition coefficient (Wildman–Crippen LogP) is 5.80. The average molecular weight is 553 g/mol. The molecule has 0 saturated carbocycles. The van der Waals surface area contributed by atoms with Crippen molar-refractivity contribution in [2.45, 2.75) is 13.8 Å². The second-order valence-corrected chi connectivity index (χ2v) is 8.20. The number of benzene rings is 1. The van der Waals surface area contributed by atoms with E-state index in [-0.39, 0.29) is 34.2 Å². The molecule has 0 spiro atoms. The SMILES string of the molecule is COc1nc(C)c(NC(=O)/C(F)=C/c2ccc(C=N)c(NPI)c2F)c(C)c1Cl. The van der Waals surface area contributed by atoms with E-state index in [1.807, 2.05) is 22.0 Å². The number of aromatic nitrogens is 1. The van der Waals surface area contributed by atoms with Gasteiger partial charge in [-0.15, -0.1) is 0 Å². The smallest absolute Gasteiger partial charge is 0.284 e. The van der Waals surface area contributed by atoms with Gasteiger partial charge in [0.25, 0.3) is 5.91 Å². The second-order valence-electron chi connectivity index (χ2n) is 5.76. The van der Waals surface area contributed by atoms with Gasteiger partial charge in [-0.1, -0.05) is 23.7 Å². The lowest BCUT2D eigenvalue weighted by molar-refractivity contribution is -0.114. The van der Waals surface area contributed by atoms with Crippen molar-refractivity contribution in [2.24, 2.45) is 0 Å². The van der Waals surface area contributed by atoms with Crippen LogP contribution in [0.25, 0.3) is 6.08 Å². The topological polar surface area (TPSA) is 87.1 Å². The van der Waals surface area contributed by atoms with E-state index >= 15 is 0 Å². The Morgan fingerprint density at radius 1 is 1.34 bits per heavy atom. The Balaban J connectivity index is 2.37. The molecule has 6 nitrogen and oxygen atoms in total. The Bertz CT molecular complexity index is 1000. The van der Waals surface area contributed by atoms with E-state index in [1.54, 1.807) is 13.8 Å². The largest absolute Gasteiger partial charge is 0.480 e. The Hall–Kier alpha value is -1.84. The third-order valence-corrected chi connectivity index (χ3v) is 5.58. The van der Waals surface area contributed by atoms with Gasteiger partial charge < -0.3 is 20.6 Å². The first-order valence-electron chi connectivity index (χ1n) is 8.09. The van der Waals surface area contributed by atoms with E-state index < -0.39 is 17.6 Å². The lowest BCUT2D eigenvalue weighted by Gasteiger charge is -2.14. The molecule has 29 heavy (non-hydrogen) atoms. The summed E-state index contributed by atoms with van der Waals surface area (Å²) in [6, 6.07) is 2.76. The molecule has 11 heteroatoms. The normalized spacial score (nSPS) is 11.6. The fraction of sp³-hybridized carbons (Fsp3) is 0.167. The highest BCUT2D eigenvalue weighted by atomic mass is 127. The number of methoxy groups -OCH3 is 1. The van der Waals surface area contributed by atoms with Crippen LogP contribution in [0.15, 0.2) is 18.0 Å². The maximum absolute atomic E-state index is 14.7. The summed E-state index contributed by atoms with van der Waals surface area (Å²) in [6.07, 6.45) is 1.93. The summed E-state index contributed by atoms with van der Waals surface area (Å²) < 4.78 is 34.2. The number of nitrogens with zero attached hydrogens (tertiary/aromatic N) is 1. The van der Waals surface area contributed by atoms with Gasteiger partial charge in [0.1, 0.15) is 5.02 Å². The zero-order valence-corrected chi connectivity index (χ0v) is 19.5. The molecule has 0 fully saturated rings. The third kappa shape index (κ3) is 5.21. The zero-order valence-electron chi connectivity index (χ0n) is 15.6. The van der Waals surface area contributed by atoms with Gasteiger partial charge in [-0.25, -0.2) is 13.8 Å². The molecule has 3 N–H and O–H groups in total. The van der Waals surface area contributed by atoms with Gasteiger partial charge in [0, 0.05) is 23.7 Å². The summed E-state index contributed by atoms with van der Waals surface area (Å²) in [6.45, 7) is 3.25. The molecular formula is C18H17ClF2IN4O2P. The van der Waals surface area contributed by atoms with E-state index in [0.717, 1.165) is 12.3 Å². The summed E-state index contributed by atoms with van der Waals surface area (Å²) >= 11 is 8.15. The monoisotopic (exact) mass is 552 g/mol. The highest BCUT2D eigenvalue weighted by Gasteiger charge is 2.19. The summed E-state index contributed by atoms with van der Waals surface area (Å²) in [5, 5.41) is 12.8. The first kappa shape index (κ1) is 23.4. The molecule has 1 atom stereocenters. The quantitative estimate of drug-likeness (QED) is 0.175. The molecule has 0 bridgehead atoms. The van der Waals surface area contributed by atoms with Crippen molar-refractivity contribution in [3.63, 3.8) is 0 Å². The summed E-state index contributed by atoms with van der Waals surface area (Å²) in [4.78, 5) is 16.4. The Labute approximate surface area is 186 Å². The van der Waals surface area contributed by atoms with E-state index in [4.69, 9.17) is 21.7 Å². The van der Waals surface area contributed by atoms with Crippen LogP contribution in [0.2, 0.25) is 5.02 Å². The molecule has 1 unspecified atom stereocenters. The first-order chi connectivity index (χ1) is 13.7. The van der Waals surface area contributed by atoms with Gasteiger partial charge in [-0.3, -0.25) is 4.79 Å². The lowest BCUT2D eigenvalue weighted by atomic mass is 10.1.